The zero-order valence-corrected chi connectivity index (χ0v) is 10.6. The fraction of sp³-hybridized carbons (Fsp3) is 0.417. The van der Waals surface area contributed by atoms with Crippen molar-refractivity contribution >= 4 is 17.3 Å². The van der Waals surface area contributed by atoms with E-state index in [1.165, 1.54) is 5.56 Å². The second kappa shape index (κ2) is 8.92. The van der Waals surface area contributed by atoms with Gasteiger partial charge in [0.15, 0.2) is 5.11 Å². The molecule has 0 aliphatic carbocycles. The minimum Gasteiger partial charge on any atom is -0.377 e. The lowest BCUT2D eigenvalue weighted by Gasteiger charge is -2.07. The van der Waals surface area contributed by atoms with Crippen LogP contribution in [0.2, 0.25) is 0 Å². The van der Waals surface area contributed by atoms with Crippen molar-refractivity contribution in [3.63, 3.8) is 0 Å². The first-order valence-corrected chi connectivity index (χ1v) is 6.10. The summed E-state index contributed by atoms with van der Waals surface area (Å²) in [5, 5.41) is 3.46. The van der Waals surface area contributed by atoms with Crippen molar-refractivity contribution in [3.8, 4) is 0 Å². The number of ether oxygens (including phenoxy) is 1. The smallest absolute Gasteiger partial charge is 0.180 e. The molecule has 1 aromatic carbocycles. The summed E-state index contributed by atoms with van der Waals surface area (Å²) in [7, 11) is 0. The molecule has 1 aromatic rings. The molecule has 0 aliphatic rings. The van der Waals surface area contributed by atoms with Gasteiger partial charge in [0.05, 0.1) is 6.61 Å². The number of benzene rings is 1. The van der Waals surface area contributed by atoms with E-state index in [0.717, 1.165) is 26.0 Å². The lowest BCUT2D eigenvalue weighted by atomic mass is 10.2. The predicted molar refractivity (Wildman–Crippen MR) is 73.3 cm³/mol. The zero-order valence-electron chi connectivity index (χ0n) is 9.82. The summed E-state index contributed by atoms with van der Waals surface area (Å²) in [4.78, 5) is 0. The number of rotatable bonds is 7. The number of thiocarbonyl (C=S) groups is 1. The number of hydrogen-bond donors (Lipinski definition) is 3. The molecule has 0 saturated heterocycles. The SMILES string of the molecule is NNC(=S)NCCCCOCc1ccccc1. The van der Waals surface area contributed by atoms with Gasteiger partial charge in [0, 0.05) is 13.2 Å². The Morgan fingerprint density at radius 2 is 2.00 bits per heavy atom. The minimum atomic E-state index is 0.482. The summed E-state index contributed by atoms with van der Waals surface area (Å²) in [6.45, 7) is 2.26. The second-order valence-electron chi connectivity index (χ2n) is 3.65. The van der Waals surface area contributed by atoms with E-state index in [-0.39, 0.29) is 0 Å². The molecule has 0 unspecified atom stereocenters. The van der Waals surface area contributed by atoms with Gasteiger partial charge in [-0.05, 0) is 30.6 Å². The molecule has 0 spiro atoms. The molecular formula is C12H19N3OS. The first-order chi connectivity index (χ1) is 8.33. The average molecular weight is 253 g/mol. The predicted octanol–water partition coefficient (Wildman–Crippen LogP) is 1.32. The summed E-state index contributed by atoms with van der Waals surface area (Å²) in [6.07, 6.45) is 2.02. The third-order valence-corrected chi connectivity index (χ3v) is 2.51. The Morgan fingerprint density at radius 1 is 1.24 bits per heavy atom. The average Bonchev–Trinajstić information content (AvgIpc) is 2.38. The Bertz CT molecular complexity index is 319. The van der Waals surface area contributed by atoms with Crippen LogP contribution in [0.4, 0.5) is 0 Å². The van der Waals surface area contributed by atoms with Crippen molar-refractivity contribution in [2.45, 2.75) is 19.4 Å². The molecule has 1 rings (SSSR count). The van der Waals surface area contributed by atoms with Crippen LogP contribution in [0, 0.1) is 0 Å². The molecule has 0 amide bonds. The summed E-state index contributed by atoms with van der Waals surface area (Å²) < 4.78 is 5.55. The lowest BCUT2D eigenvalue weighted by Crippen LogP contribution is -2.39. The van der Waals surface area contributed by atoms with E-state index in [1.807, 2.05) is 18.2 Å². The highest BCUT2D eigenvalue weighted by molar-refractivity contribution is 7.80. The van der Waals surface area contributed by atoms with Crippen LogP contribution in [0.25, 0.3) is 0 Å². The largest absolute Gasteiger partial charge is 0.377 e. The Balaban J connectivity index is 1.93. The van der Waals surface area contributed by atoms with Gasteiger partial charge in [-0.2, -0.15) is 0 Å². The number of nitrogens with one attached hydrogen (secondary N) is 2. The Hall–Kier alpha value is -1.17. The van der Waals surface area contributed by atoms with E-state index in [1.54, 1.807) is 0 Å². The van der Waals surface area contributed by atoms with Crippen LogP contribution in [-0.2, 0) is 11.3 Å². The van der Waals surface area contributed by atoms with Gasteiger partial charge in [0.1, 0.15) is 0 Å². The van der Waals surface area contributed by atoms with E-state index in [4.69, 9.17) is 22.8 Å². The number of unbranched alkanes of at least 4 members (excludes halogenated alkanes) is 1. The van der Waals surface area contributed by atoms with Crippen LogP contribution in [0.1, 0.15) is 18.4 Å². The lowest BCUT2D eigenvalue weighted by molar-refractivity contribution is 0.117. The third-order valence-electron chi connectivity index (χ3n) is 2.24. The highest BCUT2D eigenvalue weighted by Crippen LogP contribution is 2.01. The van der Waals surface area contributed by atoms with Gasteiger partial charge in [0.2, 0.25) is 0 Å². The fourth-order valence-corrected chi connectivity index (χ4v) is 1.45. The molecule has 0 atom stereocenters. The summed E-state index contributed by atoms with van der Waals surface area (Å²) >= 11 is 4.84. The highest BCUT2D eigenvalue weighted by Gasteiger charge is 1.93. The standard InChI is InChI=1S/C12H19N3OS/c13-15-12(17)14-8-4-5-9-16-10-11-6-2-1-3-7-11/h1-3,6-7H,4-5,8-10,13H2,(H2,14,15,17). The topological polar surface area (TPSA) is 59.3 Å². The van der Waals surface area contributed by atoms with Crippen LogP contribution in [0.5, 0.6) is 0 Å². The fourth-order valence-electron chi connectivity index (χ4n) is 1.35. The van der Waals surface area contributed by atoms with Crippen molar-refractivity contribution in [1.82, 2.24) is 10.7 Å². The molecule has 17 heavy (non-hydrogen) atoms. The molecule has 0 bridgehead atoms. The number of hydrogen-bond acceptors (Lipinski definition) is 3. The van der Waals surface area contributed by atoms with Crippen molar-refractivity contribution in [3.05, 3.63) is 35.9 Å². The van der Waals surface area contributed by atoms with Crippen molar-refractivity contribution in [2.24, 2.45) is 5.84 Å². The maximum Gasteiger partial charge on any atom is 0.180 e. The van der Waals surface area contributed by atoms with Gasteiger partial charge < -0.3 is 15.5 Å². The van der Waals surface area contributed by atoms with Gasteiger partial charge in [0.25, 0.3) is 0 Å². The van der Waals surface area contributed by atoms with E-state index < -0.39 is 0 Å². The molecule has 0 fully saturated rings. The van der Waals surface area contributed by atoms with Crippen LogP contribution in [0.15, 0.2) is 30.3 Å². The molecule has 0 heterocycles. The summed E-state index contributed by atoms with van der Waals surface area (Å²) in [5.74, 6) is 5.12. The maximum absolute atomic E-state index is 5.55. The first kappa shape index (κ1) is 13.9. The summed E-state index contributed by atoms with van der Waals surface area (Å²) in [6, 6.07) is 10.2. The van der Waals surface area contributed by atoms with Gasteiger partial charge in [-0.1, -0.05) is 30.3 Å². The molecule has 0 radical (unpaired) electrons. The monoisotopic (exact) mass is 253 g/mol. The van der Waals surface area contributed by atoms with E-state index in [0.29, 0.717) is 11.7 Å². The van der Waals surface area contributed by atoms with Gasteiger partial charge >= 0.3 is 0 Å². The van der Waals surface area contributed by atoms with Crippen LogP contribution >= 0.6 is 12.2 Å². The molecule has 4 N–H and O–H groups in total. The molecule has 5 heteroatoms. The zero-order chi connectivity index (χ0) is 12.3. The Kier molecular flexibility index (Phi) is 7.29. The number of nitrogens with two attached hydrogens (primary N) is 1. The van der Waals surface area contributed by atoms with Gasteiger partial charge in [-0.25, -0.2) is 5.84 Å². The van der Waals surface area contributed by atoms with E-state index in [9.17, 15) is 0 Å². The summed E-state index contributed by atoms with van der Waals surface area (Å²) in [5.41, 5.74) is 3.59. The second-order valence-corrected chi connectivity index (χ2v) is 4.05. The quantitative estimate of drug-likeness (QED) is 0.296. The Labute approximate surface area is 108 Å². The molecule has 94 valence electrons. The van der Waals surface area contributed by atoms with Crippen molar-refractivity contribution < 1.29 is 4.74 Å². The maximum atomic E-state index is 5.55. The minimum absolute atomic E-state index is 0.482. The van der Waals surface area contributed by atoms with Crippen LogP contribution < -0.4 is 16.6 Å². The molecular weight excluding hydrogens is 234 g/mol. The third kappa shape index (κ3) is 6.88. The van der Waals surface area contributed by atoms with Crippen molar-refractivity contribution in [2.75, 3.05) is 13.2 Å². The molecule has 0 saturated carbocycles. The first-order valence-electron chi connectivity index (χ1n) is 5.69. The van der Waals surface area contributed by atoms with Crippen LogP contribution in [0.3, 0.4) is 0 Å². The number of hydrazine groups is 1. The van der Waals surface area contributed by atoms with E-state index in [2.05, 4.69) is 22.9 Å². The highest BCUT2D eigenvalue weighted by atomic mass is 32.1. The Morgan fingerprint density at radius 3 is 2.71 bits per heavy atom. The van der Waals surface area contributed by atoms with Gasteiger partial charge in [-0.3, -0.25) is 0 Å². The van der Waals surface area contributed by atoms with Crippen LogP contribution in [-0.4, -0.2) is 18.3 Å². The molecule has 4 nitrogen and oxygen atoms in total. The molecule has 0 aromatic heterocycles. The van der Waals surface area contributed by atoms with Gasteiger partial charge in [-0.15, -0.1) is 0 Å². The van der Waals surface area contributed by atoms with E-state index >= 15 is 0 Å². The molecule has 0 aliphatic heterocycles. The van der Waals surface area contributed by atoms with Crippen molar-refractivity contribution in [1.29, 1.82) is 0 Å². The normalized spacial score (nSPS) is 9.94.